The van der Waals surface area contributed by atoms with Crippen molar-refractivity contribution < 1.29 is 4.74 Å². The molecule has 0 unspecified atom stereocenters. The zero-order valence-corrected chi connectivity index (χ0v) is 7.86. The summed E-state index contributed by atoms with van der Waals surface area (Å²) in [6.07, 6.45) is 0.234. The van der Waals surface area contributed by atoms with E-state index in [9.17, 15) is 0 Å². The Balaban J connectivity index is 2.03. The van der Waals surface area contributed by atoms with E-state index in [1.165, 1.54) is 5.56 Å². The molecule has 0 saturated carbocycles. The second kappa shape index (κ2) is 3.90. The number of morpholine rings is 1. The van der Waals surface area contributed by atoms with Gasteiger partial charge in [0.1, 0.15) is 0 Å². The number of hydrogen-bond acceptors (Lipinski definition) is 2. The predicted molar refractivity (Wildman–Crippen MR) is 52.6 cm³/mol. The zero-order valence-electron chi connectivity index (χ0n) is 7.86. The lowest BCUT2D eigenvalue weighted by Crippen LogP contribution is -2.40. The lowest BCUT2D eigenvalue weighted by molar-refractivity contribution is 0.00695. The quantitative estimate of drug-likeness (QED) is 0.705. The van der Waals surface area contributed by atoms with Crippen molar-refractivity contribution in [1.82, 2.24) is 5.32 Å². The average Bonchev–Trinajstić information content (AvgIpc) is 2.20. The van der Waals surface area contributed by atoms with Gasteiger partial charge in [0.2, 0.25) is 0 Å². The highest BCUT2D eigenvalue weighted by molar-refractivity contribution is 5.18. The van der Waals surface area contributed by atoms with Crippen LogP contribution < -0.4 is 5.32 Å². The summed E-state index contributed by atoms with van der Waals surface area (Å²) in [5, 5.41) is 3.41. The molecular weight excluding hydrogens is 162 g/mol. The summed E-state index contributed by atoms with van der Waals surface area (Å²) in [5.74, 6) is 0. The molecule has 2 atom stereocenters. The van der Waals surface area contributed by atoms with Gasteiger partial charge in [0.15, 0.2) is 0 Å². The minimum Gasteiger partial charge on any atom is -0.371 e. The van der Waals surface area contributed by atoms with Crippen LogP contribution in [0.3, 0.4) is 0 Å². The topological polar surface area (TPSA) is 21.3 Å². The molecule has 0 aromatic heterocycles. The van der Waals surface area contributed by atoms with Crippen molar-refractivity contribution in [1.29, 1.82) is 0 Å². The summed E-state index contributed by atoms with van der Waals surface area (Å²) in [4.78, 5) is 0. The van der Waals surface area contributed by atoms with Crippen LogP contribution in [0.15, 0.2) is 30.3 Å². The Bertz CT molecular complexity index is 252. The lowest BCUT2D eigenvalue weighted by atomic mass is 10.1. The number of ether oxygens (including phenoxy) is 1. The summed E-state index contributed by atoms with van der Waals surface area (Å²) in [7, 11) is 0. The molecule has 2 heteroatoms. The molecular formula is C11H15NO. The Morgan fingerprint density at radius 3 is 2.69 bits per heavy atom. The standard InChI is InChI=1S/C11H15NO/c1-9-8-13-11(7-12-9)10-5-3-2-4-6-10/h2-6,9,11-12H,7-8H2,1H3/t9-,11-/m0/s1. The molecule has 1 saturated heterocycles. The van der Waals surface area contributed by atoms with Crippen LogP contribution in [-0.2, 0) is 4.74 Å². The zero-order chi connectivity index (χ0) is 9.10. The second-order valence-electron chi connectivity index (χ2n) is 3.54. The highest BCUT2D eigenvalue weighted by Gasteiger charge is 2.18. The van der Waals surface area contributed by atoms with Crippen molar-refractivity contribution in [2.45, 2.75) is 19.1 Å². The molecule has 2 rings (SSSR count). The van der Waals surface area contributed by atoms with Crippen LogP contribution in [0.1, 0.15) is 18.6 Å². The van der Waals surface area contributed by atoms with Crippen LogP contribution in [0.25, 0.3) is 0 Å². The maximum atomic E-state index is 5.71. The molecule has 1 heterocycles. The summed E-state index contributed by atoms with van der Waals surface area (Å²) >= 11 is 0. The van der Waals surface area contributed by atoms with Gasteiger partial charge in [-0.1, -0.05) is 30.3 Å². The first-order valence-corrected chi connectivity index (χ1v) is 4.76. The smallest absolute Gasteiger partial charge is 0.0950 e. The van der Waals surface area contributed by atoms with Gasteiger partial charge >= 0.3 is 0 Å². The SMILES string of the molecule is C[C@H]1CO[C@H](c2ccccc2)CN1. The van der Waals surface area contributed by atoms with E-state index >= 15 is 0 Å². The minimum absolute atomic E-state index is 0.234. The molecule has 1 aliphatic heterocycles. The van der Waals surface area contributed by atoms with E-state index in [2.05, 4.69) is 36.5 Å². The van der Waals surface area contributed by atoms with Crippen LogP contribution >= 0.6 is 0 Å². The fourth-order valence-corrected chi connectivity index (χ4v) is 1.57. The number of nitrogens with one attached hydrogen (secondary N) is 1. The van der Waals surface area contributed by atoms with Crippen molar-refractivity contribution in [2.24, 2.45) is 0 Å². The lowest BCUT2D eigenvalue weighted by Gasteiger charge is -2.28. The Labute approximate surface area is 78.9 Å². The van der Waals surface area contributed by atoms with Crippen LogP contribution in [0.5, 0.6) is 0 Å². The van der Waals surface area contributed by atoms with Crippen LogP contribution in [0.2, 0.25) is 0 Å². The van der Waals surface area contributed by atoms with E-state index in [1.54, 1.807) is 0 Å². The third-order valence-corrected chi connectivity index (χ3v) is 2.37. The molecule has 1 fully saturated rings. The molecule has 1 aliphatic rings. The largest absolute Gasteiger partial charge is 0.371 e. The molecule has 13 heavy (non-hydrogen) atoms. The third kappa shape index (κ3) is 2.08. The fourth-order valence-electron chi connectivity index (χ4n) is 1.57. The Kier molecular flexibility index (Phi) is 2.62. The van der Waals surface area contributed by atoms with E-state index in [1.807, 2.05) is 6.07 Å². The number of hydrogen-bond donors (Lipinski definition) is 1. The molecule has 0 spiro atoms. The molecule has 1 aromatic carbocycles. The first-order valence-electron chi connectivity index (χ1n) is 4.76. The first-order chi connectivity index (χ1) is 6.36. The minimum atomic E-state index is 0.234. The highest BCUT2D eigenvalue weighted by atomic mass is 16.5. The summed E-state index contributed by atoms with van der Waals surface area (Å²) in [6, 6.07) is 10.8. The van der Waals surface area contributed by atoms with E-state index < -0.39 is 0 Å². The maximum Gasteiger partial charge on any atom is 0.0950 e. The van der Waals surface area contributed by atoms with Gasteiger partial charge in [-0.05, 0) is 12.5 Å². The number of benzene rings is 1. The van der Waals surface area contributed by atoms with Crippen LogP contribution in [-0.4, -0.2) is 19.2 Å². The highest BCUT2D eigenvalue weighted by Crippen LogP contribution is 2.19. The summed E-state index contributed by atoms with van der Waals surface area (Å²) in [6.45, 7) is 3.87. The van der Waals surface area contributed by atoms with E-state index in [-0.39, 0.29) is 6.10 Å². The Hall–Kier alpha value is -0.860. The van der Waals surface area contributed by atoms with Gasteiger partial charge in [0, 0.05) is 12.6 Å². The van der Waals surface area contributed by atoms with Gasteiger partial charge in [-0.25, -0.2) is 0 Å². The van der Waals surface area contributed by atoms with Crippen molar-refractivity contribution in [3.05, 3.63) is 35.9 Å². The predicted octanol–water partition coefficient (Wildman–Crippen LogP) is 1.74. The molecule has 1 aromatic rings. The molecule has 2 nitrogen and oxygen atoms in total. The van der Waals surface area contributed by atoms with Gasteiger partial charge in [0.05, 0.1) is 12.7 Å². The van der Waals surface area contributed by atoms with Crippen molar-refractivity contribution in [3.8, 4) is 0 Å². The molecule has 70 valence electrons. The maximum absolute atomic E-state index is 5.71. The van der Waals surface area contributed by atoms with Crippen LogP contribution in [0.4, 0.5) is 0 Å². The summed E-state index contributed by atoms with van der Waals surface area (Å²) in [5.41, 5.74) is 1.27. The van der Waals surface area contributed by atoms with Crippen molar-refractivity contribution >= 4 is 0 Å². The monoisotopic (exact) mass is 177 g/mol. The molecule has 0 radical (unpaired) electrons. The molecule has 1 N–H and O–H groups in total. The Morgan fingerprint density at radius 1 is 1.31 bits per heavy atom. The van der Waals surface area contributed by atoms with Gasteiger partial charge < -0.3 is 10.1 Å². The van der Waals surface area contributed by atoms with Gasteiger partial charge in [-0.3, -0.25) is 0 Å². The van der Waals surface area contributed by atoms with E-state index in [4.69, 9.17) is 4.74 Å². The second-order valence-corrected chi connectivity index (χ2v) is 3.54. The Morgan fingerprint density at radius 2 is 2.08 bits per heavy atom. The van der Waals surface area contributed by atoms with Gasteiger partial charge in [0.25, 0.3) is 0 Å². The van der Waals surface area contributed by atoms with Crippen molar-refractivity contribution in [2.75, 3.05) is 13.2 Å². The molecule has 0 aliphatic carbocycles. The number of rotatable bonds is 1. The third-order valence-electron chi connectivity index (χ3n) is 2.37. The molecule has 0 amide bonds. The average molecular weight is 177 g/mol. The molecule has 0 bridgehead atoms. The van der Waals surface area contributed by atoms with Gasteiger partial charge in [-0.15, -0.1) is 0 Å². The van der Waals surface area contributed by atoms with Crippen LogP contribution in [0, 0.1) is 0 Å². The fraction of sp³-hybridized carbons (Fsp3) is 0.455. The van der Waals surface area contributed by atoms with Gasteiger partial charge in [-0.2, -0.15) is 0 Å². The normalized spacial score (nSPS) is 28.7. The van der Waals surface area contributed by atoms with E-state index in [0.717, 1.165) is 13.2 Å². The van der Waals surface area contributed by atoms with E-state index in [0.29, 0.717) is 6.04 Å². The first kappa shape index (κ1) is 8.73. The summed E-state index contributed by atoms with van der Waals surface area (Å²) < 4.78 is 5.71. The van der Waals surface area contributed by atoms with Crippen molar-refractivity contribution in [3.63, 3.8) is 0 Å².